The van der Waals surface area contributed by atoms with Crippen LogP contribution in [0.2, 0.25) is 0 Å². The number of epoxide rings is 1. The minimum Gasteiger partial charge on any atom is -0.472 e. The number of ketones is 1. The van der Waals surface area contributed by atoms with Crippen LogP contribution in [0.5, 0.6) is 0 Å². The molecule has 2 saturated heterocycles. The van der Waals surface area contributed by atoms with Gasteiger partial charge in [0, 0.05) is 21.8 Å². The summed E-state index contributed by atoms with van der Waals surface area (Å²) in [6.07, 6.45) is 9.02. The minimum absolute atomic E-state index is 0.196. The number of ether oxygens (including phenoxy) is 2. The van der Waals surface area contributed by atoms with E-state index in [0.29, 0.717) is 0 Å². The van der Waals surface area contributed by atoms with Crippen molar-refractivity contribution in [3.8, 4) is 0 Å². The number of carbonyl (C=O) groups excluding carboxylic acids is 2. The second kappa shape index (κ2) is 5.61. The monoisotopic (exact) mass is 422 g/mol. The summed E-state index contributed by atoms with van der Waals surface area (Å²) in [7, 11) is 0. The maximum absolute atomic E-state index is 13.0. The van der Waals surface area contributed by atoms with E-state index in [2.05, 4.69) is 40.7 Å². The van der Waals surface area contributed by atoms with E-state index in [1.807, 2.05) is 6.07 Å². The zero-order valence-corrected chi connectivity index (χ0v) is 18.9. The quantitative estimate of drug-likeness (QED) is 0.364. The molecule has 0 saturated carbocycles. The van der Waals surface area contributed by atoms with E-state index in [0.717, 1.165) is 24.8 Å². The molecule has 0 unspecified atom stereocenters. The molecule has 5 aliphatic rings. The Morgan fingerprint density at radius 1 is 1.10 bits per heavy atom. The Morgan fingerprint density at radius 3 is 2.58 bits per heavy atom. The molecular weight excluding hydrogens is 392 g/mol. The summed E-state index contributed by atoms with van der Waals surface area (Å²) in [5.41, 5.74) is 2.01. The van der Waals surface area contributed by atoms with Crippen molar-refractivity contribution in [3.05, 3.63) is 47.5 Å². The van der Waals surface area contributed by atoms with Crippen molar-refractivity contribution in [2.24, 2.45) is 28.1 Å². The highest BCUT2D eigenvalue weighted by molar-refractivity contribution is 5.96. The molecule has 6 rings (SSSR count). The van der Waals surface area contributed by atoms with Crippen LogP contribution in [0.25, 0.3) is 0 Å². The lowest BCUT2D eigenvalue weighted by Gasteiger charge is -2.58. The van der Waals surface area contributed by atoms with Gasteiger partial charge in [-0.05, 0) is 48.8 Å². The highest BCUT2D eigenvalue weighted by Crippen LogP contribution is 2.73. The summed E-state index contributed by atoms with van der Waals surface area (Å²) in [5.74, 6) is 0.426. The van der Waals surface area contributed by atoms with Gasteiger partial charge in [-0.1, -0.05) is 46.3 Å². The van der Waals surface area contributed by atoms with Crippen LogP contribution in [0.15, 0.2) is 46.3 Å². The molecule has 164 valence electrons. The van der Waals surface area contributed by atoms with E-state index in [9.17, 15) is 9.59 Å². The van der Waals surface area contributed by atoms with Crippen molar-refractivity contribution in [3.63, 3.8) is 0 Å². The zero-order valence-electron chi connectivity index (χ0n) is 18.9. The number of furan rings is 1. The number of allylic oxidation sites excluding steroid dienone is 3. The van der Waals surface area contributed by atoms with E-state index in [1.165, 1.54) is 11.1 Å². The minimum atomic E-state index is -0.620. The second-order valence-electron chi connectivity index (χ2n) is 11.3. The predicted octanol–water partition coefficient (Wildman–Crippen LogP) is 4.94. The van der Waals surface area contributed by atoms with Gasteiger partial charge < -0.3 is 13.9 Å². The molecule has 31 heavy (non-hydrogen) atoms. The maximum atomic E-state index is 13.0. The van der Waals surface area contributed by atoms with Crippen LogP contribution < -0.4 is 0 Å². The van der Waals surface area contributed by atoms with Crippen molar-refractivity contribution >= 4 is 11.8 Å². The first-order chi connectivity index (χ1) is 14.6. The number of esters is 1. The van der Waals surface area contributed by atoms with Gasteiger partial charge >= 0.3 is 5.97 Å². The van der Waals surface area contributed by atoms with Crippen LogP contribution in [-0.2, 0) is 19.1 Å². The van der Waals surface area contributed by atoms with E-state index >= 15 is 0 Å². The molecule has 0 aromatic carbocycles. The van der Waals surface area contributed by atoms with Crippen LogP contribution in [0.4, 0.5) is 0 Å². The molecule has 2 aliphatic heterocycles. The lowest BCUT2D eigenvalue weighted by Crippen LogP contribution is -2.58. The molecule has 3 aliphatic carbocycles. The van der Waals surface area contributed by atoms with Gasteiger partial charge in [-0.25, -0.2) is 4.79 Å². The standard InChI is InChI=1S/C26H30O5/c1-14-12-17-23(2,3)18(27)7-9-24(17,4)16-6-10-25(5)20(15-8-11-29-13-15)30-22(28)21-26(25,31-21)19(14)16/h7-9,11,13-14,17,20-21H,6,10,12H2,1-5H3/t14-,17-,20-,21+,24+,25-,26+/m0/s1. The third kappa shape index (κ3) is 2.07. The Balaban J connectivity index is 1.55. The van der Waals surface area contributed by atoms with Gasteiger partial charge in [-0.15, -0.1) is 0 Å². The van der Waals surface area contributed by atoms with Gasteiger partial charge in [0.2, 0.25) is 0 Å². The van der Waals surface area contributed by atoms with Crippen molar-refractivity contribution in [2.45, 2.75) is 71.7 Å². The number of hydrogen-bond acceptors (Lipinski definition) is 5. The Hall–Kier alpha value is -2.14. The Morgan fingerprint density at radius 2 is 1.87 bits per heavy atom. The van der Waals surface area contributed by atoms with Crippen LogP contribution in [-0.4, -0.2) is 23.5 Å². The molecule has 1 aromatic heterocycles. The van der Waals surface area contributed by atoms with Gasteiger partial charge in [-0.3, -0.25) is 4.79 Å². The molecule has 7 atom stereocenters. The second-order valence-corrected chi connectivity index (χ2v) is 11.3. The molecule has 1 aromatic rings. The highest BCUT2D eigenvalue weighted by atomic mass is 16.7. The van der Waals surface area contributed by atoms with Crippen molar-refractivity contribution < 1.29 is 23.5 Å². The first-order valence-electron chi connectivity index (χ1n) is 11.5. The SMILES string of the molecule is C[C@H]1C[C@H]2C(C)(C)C(=O)C=C[C@]2(C)C2=C1[C@@]13O[C@@H]1C(=O)O[C@@H](c1ccoc1)[C@]3(C)CC2. The molecule has 1 spiro atoms. The molecule has 0 amide bonds. The first-order valence-corrected chi connectivity index (χ1v) is 11.5. The normalized spacial score (nSPS) is 47.1. The summed E-state index contributed by atoms with van der Waals surface area (Å²) in [5, 5.41) is 0. The van der Waals surface area contributed by atoms with E-state index < -0.39 is 17.1 Å². The third-order valence-electron chi connectivity index (χ3n) is 9.50. The average Bonchev–Trinajstić information content (AvgIpc) is 3.24. The van der Waals surface area contributed by atoms with Crippen LogP contribution in [0.3, 0.4) is 0 Å². The fourth-order valence-corrected chi connectivity index (χ4v) is 7.78. The molecule has 0 N–H and O–H groups in total. The average molecular weight is 423 g/mol. The number of hydrogen-bond donors (Lipinski definition) is 0. The van der Waals surface area contributed by atoms with Gasteiger partial charge in [-0.2, -0.15) is 0 Å². The molecule has 5 nitrogen and oxygen atoms in total. The summed E-state index contributed by atoms with van der Waals surface area (Å²) in [4.78, 5) is 25.7. The smallest absolute Gasteiger partial charge is 0.339 e. The van der Waals surface area contributed by atoms with Gasteiger partial charge in [0.05, 0.1) is 12.5 Å². The van der Waals surface area contributed by atoms with Gasteiger partial charge in [0.1, 0.15) is 11.7 Å². The Bertz CT molecular complexity index is 1060. The summed E-state index contributed by atoms with van der Waals surface area (Å²) in [6, 6.07) is 1.89. The summed E-state index contributed by atoms with van der Waals surface area (Å²) >= 11 is 0. The number of fused-ring (bicyclic) bond motifs is 2. The van der Waals surface area contributed by atoms with Gasteiger partial charge in [0.25, 0.3) is 0 Å². The lowest BCUT2D eigenvalue weighted by atomic mass is 9.45. The van der Waals surface area contributed by atoms with Crippen LogP contribution in [0, 0.1) is 28.1 Å². The topological polar surface area (TPSA) is 69.0 Å². The lowest BCUT2D eigenvalue weighted by molar-refractivity contribution is -0.167. The Kier molecular flexibility index (Phi) is 3.54. The highest BCUT2D eigenvalue weighted by Gasteiger charge is 2.80. The maximum Gasteiger partial charge on any atom is 0.339 e. The molecule has 3 heterocycles. The van der Waals surface area contributed by atoms with Crippen molar-refractivity contribution in [1.82, 2.24) is 0 Å². The largest absolute Gasteiger partial charge is 0.472 e. The molecule has 0 radical (unpaired) electrons. The van der Waals surface area contributed by atoms with E-state index in [-0.39, 0.29) is 40.5 Å². The van der Waals surface area contributed by atoms with E-state index in [4.69, 9.17) is 13.9 Å². The number of rotatable bonds is 1. The summed E-state index contributed by atoms with van der Waals surface area (Å²) in [6.45, 7) is 10.9. The van der Waals surface area contributed by atoms with Crippen LogP contribution in [0.1, 0.15) is 65.5 Å². The fraction of sp³-hybridized carbons (Fsp3) is 0.615. The number of cyclic esters (lactones) is 1. The molecule has 5 heteroatoms. The Labute approximate surface area is 182 Å². The molecule has 2 fully saturated rings. The first kappa shape index (κ1) is 19.5. The molecular formula is C26H30O5. The fourth-order valence-electron chi connectivity index (χ4n) is 7.78. The predicted molar refractivity (Wildman–Crippen MR) is 113 cm³/mol. The van der Waals surface area contributed by atoms with Crippen molar-refractivity contribution in [2.75, 3.05) is 0 Å². The number of carbonyl (C=O) groups is 2. The van der Waals surface area contributed by atoms with E-state index in [1.54, 1.807) is 18.6 Å². The van der Waals surface area contributed by atoms with Gasteiger partial charge in [0.15, 0.2) is 11.9 Å². The zero-order chi connectivity index (χ0) is 22.0. The summed E-state index contributed by atoms with van der Waals surface area (Å²) < 4.78 is 17.7. The third-order valence-corrected chi connectivity index (χ3v) is 9.50. The van der Waals surface area contributed by atoms with Crippen molar-refractivity contribution in [1.29, 1.82) is 0 Å². The van der Waals surface area contributed by atoms with Crippen LogP contribution >= 0.6 is 0 Å². The molecule has 0 bridgehead atoms.